The van der Waals surface area contributed by atoms with Gasteiger partial charge in [0.25, 0.3) is 0 Å². The quantitative estimate of drug-likeness (QED) is 0.283. The number of halogens is 2. The van der Waals surface area contributed by atoms with Gasteiger partial charge in [0, 0.05) is 77.7 Å². The first-order valence-electron chi connectivity index (χ1n) is 8.47. The van der Waals surface area contributed by atoms with Gasteiger partial charge in [-0.1, -0.05) is 0 Å². The van der Waals surface area contributed by atoms with Gasteiger partial charge in [-0.2, -0.15) is 0 Å². The van der Waals surface area contributed by atoms with Gasteiger partial charge >= 0.3 is 33.3 Å². The van der Waals surface area contributed by atoms with E-state index in [0.717, 1.165) is 52.4 Å². The summed E-state index contributed by atoms with van der Waals surface area (Å²) in [5, 5.41) is 35.6. The molecule has 0 aromatic carbocycles. The van der Waals surface area contributed by atoms with Gasteiger partial charge in [0.2, 0.25) is 0 Å². The van der Waals surface area contributed by atoms with Crippen molar-refractivity contribution in [1.29, 1.82) is 0 Å². The van der Waals surface area contributed by atoms with E-state index >= 15 is 0 Å². The summed E-state index contributed by atoms with van der Waals surface area (Å²) in [6.07, 6.45) is 1.40. The Bertz CT molecular complexity index is 239. The van der Waals surface area contributed by atoms with Crippen LogP contribution in [0.1, 0.15) is 12.8 Å². The average molecular weight is 429 g/mol. The van der Waals surface area contributed by atoms with Crippen LogP contribution >= 0.6 is 20.2 Å². The van der Waals surface area contributed by atoms with Crippen molar-refractivity contribution in [3.8, 4) is 0 Å². The van der Waals surface area contributed by atoms with Crippen LogP contribution in [-0.4, -0.2) is 87.9 Å². The molecule has 1 rings (SSSR count). The van der Waals surface area contributed by atoms with Crippen molar-refractivity contribution in [2.24, 2.45) is 0 Å². The summed E-state index contributed by atoms with van der Waals surface area (Å²) in [7, 11) is 9.59. The van der Waals surface area contributed by atoms with E-state index in [1.165, 1.54) is 0 Å². The molecule has 0 aromatic heterocycles. The minimum atomic E-state index is 0.00694. The summed E-state index contributed by atoms with van der Waals surface area (Å²) in [6, 6.07) is 0.374. The predicted octanol–water partition coefficient (Wildman–Crippen LogP) is -1.17. The molecule has 24 heavy (non-hydrogen) atoms. The Kier molecular flexibility index (Phi) is 20.8. The molecule has 0 bridgehead atoms. The van der Waals surface area contributed by atoms with Crippen molar-refractivity contribution in [2.75, 3.05) is 65.6 Å². The van der Waals surface area contributed by atoms with Gasteiger partial charge in [0.15, 0.2) is 0 Å². The molecule has 1 fully saturated rings. The molecule has 0 amide bonds. The third-order valence-corrected chi connectivity index (χ3v) is 3.74. The van der Waals surface area contributed by atoms with Gasteiger partial charge in [0.05, 0.1) is 0 Å². The molecule has 1 heterocycles. The molecule has 2 unspecified atom stereocenters. The van der Waals surface area contributed by atoms with Crippen molar-refractivity contribution in [1.82, 2.24) is 26.6 Å². The van der Waals surface area contributed by atoms with Crippen molar-refractivity contribution in [3.05, 3.63) is 0 Å². The van der Waals surface area contributed by atoms with Gasteiger partial charge in [-0.05, 0) is 12.8 Å². The molecule has 7 N–H and O–H groups in total. The normalized spacial score (nSPS) is 25.0. The van der Waals surface area contributed by atoms with Crippen LogP contribution in [0.5, 0.6) is 0 Å². The number of hydrogen-bond acceptors (Lipinski definition) is 7. The van der Waals surface area contributed by atoms with E-state index in [2.05, 4.69) is 26.6 Å². The van der Waals surface area contributed by atoms with Gasteiger partial charge < -0.3 is 36.8 Å². The molecule has 1 aliphatic heterocycles. The molecule has 7 nitrogen and oxygen atoms in total. The van der Waals surface area contributed by atoms with Crippen molar-refractivity contribution < 1.29 is 23.3 Å². The topological polar surface area (TPSA) is 101 Å². The number of aliphatic hydroxyl groups excluding tert-OH is 2. The van der Waals surface area contributed by atoms with Crippen LogP contribution in [0.3, 0.4) is 0 Å². The molecule has 2 atom stereocenters. The molecule has 0 aromatic rings. The van der Waals surface area contributed by atoms with E-state index in [-0.39, 0.29) is 38.4 Å². The maximum absolute atomic E-state index is 9.25. The molecule has 147 valence electrons. The second kappa shape index (κ2) is 20.1. The molecule has 1 aliphatic rings. The summed E-state index contributed by atoms with van der Waals surface area (Å²) in [5.74, 6) is 0. The molecule has 0 aliphatic carbocycles. The maximum atomic E-state index is 9.25. The first-order chi connectivity index (χ1) is 11.8. The molecular weight excluding hydrogens is 396 g/mol. The van der Waals surface area contributed by atoms with Crippen LogP contribution in [0.15, 0.2) is 0 Å². The fourth-order valence-corrected chi connectivity index (χ4v) is 2.59. The third kappa shape index (κ3) is 15.1. The van der Waals surface area contributed by atoms with Crippen LogP contribution in [0.2, 0.25) is 0 Å². The second-order valence-corrected chi connectivity index (χ2v) is 7.40. The average Bonchev–Trinajstić information content (AvgIpc) is 2.58. The molecule has 1 saturated heterocycles. The van der Waals surface area contributed by atoms with E-state index < -0.39 is 0 Å². The Morgan fingerprint density at radius 1 is 0.667 bits per heavy atom. The molecule has 0 spiro atoms. The minimum absolute atomic E-state index is 0.00694. The van der Waals surface area contributed by atoms with Crippen LogP contribution in [0, 0.1) is 0 Å². The Morgan fingerprint density at radius 3 is 1.25 bits per heavy atom. The van der Waals surface area contributed by atoms with E-state index in [4.69, 9.17) is 20.2 Å². The van der Waals surface area contributed by atoms with Gasteiger partial charge in [0.1, 0.15) is 0 Å². The van der Waals surface area contributed by atoms with E-state index in [9.17, 15) is 10.2 Å². The van der Waals surface area contributed by atoms with Crippen LogP contribution in [0.25, 0.3) is 0 Å². The SMILES string of the molecule is OCCC1NCCNCCNCCNCCNC1CCO.[Cl][Mn][Cl]. The molecule has 0 radical (unpaired) electrons. The standard InChI is InChI=1S/C14H33N5O2.2ClH.Mn/c20-11-1-13-14(2-12-21)19-10-8-17-6-4-15-3-5-16-7-9-18-13;;;/h13-21H,1-12H2;2*1H;/q;;;+2/p-2. The second-order valence-electron chi connectivity index (χ2n) is 5.45. The zero-order chi connectivity index (χ0) is 17.9. The Balaban J connectivity index is 0.00000163. The molecule has 10 heteroatoms. The van der Waals surface area contributed by atoms with Crippen molar-refractivity contribution >= 4 is 20.2 Å². The van der Waals surface area contributed by atoms with Crippen molar-refractivity contribution in [2.45, 2.75) is 24.9 Å². The molecular formula is C14H33Cl2MnN5O2. The summed E-state index contributed by atoms with van der Waals surface area (Å²) < 4.78 is 0. The number of aliphatic hydroxyl groups is 2. The van der Waals surface area contributed by atoms with Crippen molar-refractivity contribution in [3.63, 3.8) is 0 Å². The number of nitrogens with one attached hydrogen (secondary N) is 5. The third-order valence-electron chi connectivity index (χ3n) is 3.74. The van der Waals surface area contributed by atoms with Crippen LogP contribution in [0.4, 0.5) is 0 Å². The number of rotatable bonds is 4. The fourth-order valence-electron chi connectivity index (χ4n) is 2.59. The zero-order valence-corrected chi connectivity index (χ0v) is 16.9. The van der Waals surface area contributed by atoms with Gasteiger partial charge in [-0.25, -0.2) is 0 Å². The van der Waals surface area contributed by atoms with Crippen LogP contribution in [-0.2, 0) is 13.1 Å². The first-order valence-corrected chi connectivity index (χ1v) is 11.7. The molecule has 0 saturated carbocycles. The Hall–Kier alpha value is 0.819. The Labute approximate surface area is 160 Å². The monoisotopic (exact) mass is 428 g/mol. The first kappa shape index (κ1) is 24.8. The predicted molar refractivity (Wildman–Crippen MR) is 97.3 cm³/mol. The van der Waals surface area contributed by atoms with Gasteiger partial charge in [-0.15, -0.1) is 0 Å². The van der Waals surface area contributed by atoms with E-state index in [0.29, 0.717) is 12.8 Å². The number of hydrogen-bond donors (Lipinski definition) is 7. The Morgan fingerprint density at radius 2 is 0.958 bits per heavy atom. The van der Waals surface area contributed by atoms with E-state index in [1.54, 1.807) is 0 Å². The summed E-state index contributed by atoms with van der Waals surface area (Å²) in [5.41, 5.74) is 0. The summed E-state index contributed by atoms with van der Waals surface area (Å²) >= 11 is 0.00694. The van der Waals surface area contributed by atoms with E-state index in [1.807, 2.05) is 0 Å². The zero-order valence-electron chi connectivity index (χ0n) is 14.2. The summed E-state index contributed by atoms with van der Waals surface area (Å²) in [6.45, 7) is 7.77. The van der Waals surface area contributed by atoms with Gasteiger partial charge in [-0.3, -0.25) is 0 Å². The summed E-state index contributed by atoms with van der Waals surface area (Å²) in [4.78, 5) is 0. The fraction of sp³-hybridized carbons (Fsp3) is 1.00. The van der Waals surface area contributed by atoms with Crippen LogP contribution < -0.4 is 26.6 Å².